The van der Waals surface area contributed by atoms with E-state index >= 15 is 0 Å². The van der Waals surface area contributed by atoms with E-state index in [1.54, 1.807) is 0 Å². The van der Waals surface area contributed by atoms with E-state index in [-0.39, 0.29) is 21.9 Å². The fourth-order valence-electron chi connectivity index (χ4n) is 2.04. The van der Waals surface area contributed by atoms with Crippen molar-refractivity contribution in [2.75, 3.05) is 5.32 Å². The summed E-state index contributed by atoms with van der Waals surface area (Å²) in [5.74, 6) is -0.291. The Balaban J connectivity index is 2.83. The second kappa shape index (κ2) is 7.33. The van der Waals surface area contributed by atoms with Gasteiger partial charge in [-0.05, 0) is 12.5 Å². The maximum atomic E-state index is 13.1. The number of nitrogens with zero attached hydrogens (tertiary/aromatic N) is 3. The van der Waals surface area contributed by atoms with Gasteiger partial charge in [0.2, 0.25) is 0 Å². The summed E-state index contributed by atoms with van der Waals surface area (Å²) >= 11 is 17.3. The largest absolute Gasteiger partial charge is 0.418 e. The smallest absolute Gasteiger partial charge is 0.328 e. The number of hydrogen-bond acceptors (Lipinski definition) is 6. The molecular weight excluding hydrogens is 440 g/mol. The highest BCUT2D eigenvalue weighted by molar-refractivity contribution is 6.37. The van der Waals surface area contributed by atoms with Gasteiger partial charge in [-0.1, -0.05) is 34.8 Å². The first-order valence-corrected chi connectivity index (χ1v) is 7.79. The van der Waals surface area contributed by atoms with Gasteiger partial charge in [-0.2, -0.15) is 13.2 Å². The molecule has 2 rings (SSSR count). The van der Waals surface area contributed by atoms with Crippen LogP contribution in [0.1, 0.15) is 11.1 Å². The molecule has 0 aliphatic rings. The number of nitro groups is 2. The van der Waals surface area contributed by atoms with Crippen molar-refractivity contribution in [2.24, 2.45) is 0 Å². The molecule has 1 N–H and O–H groups in total. The molecule has 0 bridgehead atoms. The van der Waals surface area contributed by atoms with E-state index < -0.39 is 43.7 Å². The van der Waals surface area contributed by atoms with Crippen LogP contribution in [0.4, 0.5) is 36.1 Å². The number of rotatable bonds is 4. The monoisotopic (exact) mass is 444 g/mol. The van der Waals surface area contributed by atoms with E-state index in [2.05, 4.69) is 10.3 Å². The zero-order valence-electron chi connectivity index (χ0n) is 12.9. The van der Waals surface area contributed by atoms with Crippen molar-refractivity contribution in [3.63, 3.8) is 0 Å². The summed E-state index contributed by atoms with van der Waals surface area (Å²) in [4.78, 5) is 23.8. The Kier molecular flexibility index (Phi) is 5.68. The van der Waals surface area contributed by atoms with Gasteiger partial charge in [0.1, 0.15) is 10.8 Å². The number of aromatic nitrogens is 1. The van der Waals surface area contributed by atoms with Crippen LogP contribution in [-0.2, 0) is 6.18 Å². The maximum Gasteiger partial charge on any atom is 0.418 e. The standard InChI is InChI=1S/C13H6Cl3F3N4O4/c1-4-6(14)3-20-12(8(4)15)21-10-7(22(24)25)2-5(13(17,18)19)9(16)11(10)23(26)27/h2-3H,1H3,(H,20,21). The molecular formula is C13H6Cl3F3N4O4. The molecule has 14 heteroatoms. The van der Waals surface area contributed by atoms with E-state index in [9.17, 15) is 33.4 Å². The van der Waals surface area contributed by atoms with Crippen molar-refractivity contribution in [3.05, 3.63) is 58.7 Å². The van der Waals surface area contributed by atoms with Crippen LogP contribution >= 0.6 is 34.8 Å². The topological polar surface area (TPSA) is 111 Å². The van der Waals surface area contributed by atoms with Gasteiger partial charge in [0.25, 0.3) is 0 Å². The molecule has 1 aromatic heterocycles. The lowest BCUT2D eigenvalue weighted by Gasteiger charge is -2.14. The van der Waals surface area contributed by atoms with Crippen LogP contribution in [0.15, 0.2) is 12.3 Å². The lowest BCUT2D eigenvalue weighted by Crippen LogP contribution is -2.11. The van der Waals surface area contributed by atoms with Gasteiger partial charge in [0.05, 0.1) is 25.5 Å². The molecule has 0 saturated carbocycles. The molecule has 0 atom stereocenters. The summed E-state index contributed by atoms with van der Waals surface area (Å²) in [6, 6.07) is 0.0916. The molecule has 27 heavy (non-hydrogen) atoms. The Labute approximate surface area is 163 Å². The third-order valence-corrected chi connectivity index (χ3v) is 4.57. The summed E-state index contributed by atoms with van der Waals surface area (Å²) in [6.07, 6.45) is -4.05. The Hall–Kier alpha value is -2.37. The highest BCUT2D eigenvalue weighted by atomic mass is 35.5. The molecule has 0 unspecified atom stereocenters. The van der Waals surface area contributed by atoms with Gasteiger partial charge in [0.15, 0.2) is 5.69 Å². The Bertz CT molecular complexity index is 969. The Morgan fingerprint density at radius 3 is 2.19 bits per heavy atom. The van der Waals surface area contributed by atoms with Gasteiger partial charge in [-0.15, -0.1) is 0 Å². The van der Waals surface area contributed by atoms with Crippen molar-refractivity contribution in [1.29, 1.82) is 0 Å². The van der Waals surface area contributed by atoms with Crippen LogP contribution in [0.25, 0.3) is 0 Å². The van der Waals surface area contributed by atoms with Crippen LogP contribution in [-0.4, -0.2) is 14.8 Å². The van der Waals surface area contributed by atoms with Crippen LogP contribution < -0.4 is 5.32 Å². The van der Waals surface area contributed by atoms with Crippen molar-refractivity contribution >= 4 is 57.7 Å². The number of hydrogen-bond donors (Lipinski definition) is 1. The third-order valence-electron chi connectivity index (χ3n) is 3.35. The molecule has 0 aliphatic carbocycles. The normalized spacial score (nSPS) is 11.4. The van der Waals surface area contributed by atoms with Crippen molar-refractivity contribution in [1.82, 2.24) is 4.98 Å². The maximum absolute atomic E-state index is 13.1. The lowest BCUT2D eigenvalue weighted by molar-refractivity contribution is -0.392. The van der Waals surface area contributed by atoms with E-state index in [0.29, 0.717) is 5.56 Å². The highest BCUT2D eigenvalue weighted by Crippen LogP contribution is 2.48. The van der Waals surface area contributed by atoms with Crippen molar-refractivity contribution in [3.8, 4) is 0 Å². The second-order valence-electron chi connectivity index (χ2n) is 5.01. The lowest BCUT2D eigenvalue weighted by atomic mass is 10.1. The minimum Gasteiger partial charge on any atom is -0.328 e. The summed E-state index contributed by atoms with van der Waals surface area (Å²) in [5.41, 5.74) is -4.91. The number of halogens is 6. The molecule has 144 valence electrons. The Morgan fingerprint density at radius 2 is 1.70 bits per heavy atom. The van der Waals surface area contributed by atoms with Crippen LogP contribution in [0.3, 0.4) is 0 Å². The fourth-order valence-corrected chi connectivity index (χ4v) is 2.75. The molecule has 0 saturated heterocycles. The summed E-state index contributed by atoms with van der Waals surface area (Å²) < 4.78 is 39.2. The SMILES string of the molecule is Cc1c(Cl)cnc(Nc2c([N+](=O)[O-])cc(C(F)(F)F)c(Cl)c2[N+](=O)[O-])c1Cl. The van der Waals surface area contributed by atoms with Gasteiger partial charge < -0.3 is 5.32 Å². The number of anilines is 2. The van der Waals surface area contributed by atoms with Crippen molar-refractivity contribution in [2.45, 2.75) is 13.1 Å². The molecule has 0 fully saturated rings. The van der Waals surface area contributed by atoms with Crippen LogP contribution in [0.5, 0.6) is 0 Å². The molecule has 0 aliphatic heterocycles. The number of nitro benzene ring substituents is 2. The molecule has 0 radical (unpaired) electrons. The summed E-state index contributed by atoms with van der Waals surface area (Å²) in [7, 11) is 0. The first-order chi connectivity index (χ1) is 12.4. The number of pyridine rings is 1. The second-order valence-corrected chi connectivity index (χ2v) is 6.17. The number of benzene rings is 1. The van der Waals surface area contributed by atoms with E-state index in [4.69, 9.17) is 34.8 Å². The molecule has 1 aromatic carbocycles. The predicted molar refractivity (Wildman–Crippen MR) is 92.0 cm³/mol. The predicted octanol–water partition coefficient (Wildman–Crippen LogP) is 5.93. The van der Waals surface area contributed by atoms with E-state index in [1.165, 1.54) is 6.92 Å². The van der Waals surface area contributed by atoms with E-state index in [0.717, 1.165) is 6.20 Å². The minimum absolute atomic E-state index is 0.0916. The molecule has 0 spiro atoms. The first kappa shape index (κ1) is 20.9. The number of nitrogens with one attached hydrogen (secondary N) is 1. The molecule has 1 heterocycles. The fraction of sp³-hybridized carbons (Fsp3) is 0.154. The molecule has 0 amide bonds. The Morgan fingerprint density at radius 1 is 1.11 bits per heavy atom. The average molecular weight is 446 g/mol. The third kappa shape index (κ3) is 3.99. The highest BCUT2D eigenvalue weighted by Gasteiger charge is 2.42. The number of alkyl halides is 3. The summed E-state index contributed by atoms with van der Waals surface area (Å²) in [6.45, 7) is 1.47. The zero-order valence-corrected chi connectivity index (χ0v) is 15.2. The quantitative estimate of drug-likeness (QED) is 0.461. The van der Waals surface area contributed by atoms with Gasteiger partial charge in [-0.25, -0.2) is 4.98 Å². The molecule has 2 aromatic rings. The van der Waals surface area contributed by atoms with Crippen LogP contribution in [0.2, 0.25) is 15.1 Å². The van der Waals surface area contributed by atoms with Gasteiger partial charge in [0, 0.05) is 12.3 Å². The van der Waals surface area contributed by atoms with Gasteiger partial charge >= 0.3 is 17.6 Å². The van der Waals surface area contributed by atoms with Gasteiger partial charge in [-0.3, -0.25) is 20.2 Å². The average Bonchev–Trinajstić information content (AvgIpc) is 2.53. The zero-order chi connectivity index (χ0) is 20.7. The first-order valence-electron chi connectivity index (χ1n) is 6.66. The van der Waals surface area contributed by atoms with E-state index in [1.807, 2.05) is 0 Å². The molecule has 8 nitrogen and oxygen atoms in total. The van der Waals surface area contributed by atoms with Crippen LogP contribution in [0, 0.1) is 27.2 Å². The summed E-state index contributed by atoms with van der Waals surface area (Å²) in [5, 5.41) is 23.5. The van der Waals surface area contributed by atoms with Crippen molar-refractivity contribution < 1.29 is 23.0 Å². The minimum atomic E-state index is -5.15.